The summed E-state index contributed by atoms with van der Waals surface area (Å²) in [6, 6.07) is 0. The highest BCUT2D eigenvalue weighted by Crippen LogP contribution is 2.07. The molecule has 0 aromatic carbocycles. The standard InChI is InChI=1S/C8H11IN4O2/c1-10-5(14)2-3-11-7-6(9)8(15)13-4-12-7/h4H,2-3H2,1H3,(H,10,14)(H2,11,12,13,15). The molecule has 0 unspecified atom stereocenters. The second kappa shape index (κ2) is 5.69. The lowest BCUT2D eigenvalue weighted by atomic mass is 10.4. The number of hydrogen-bond acceptors (Lipinski definition) is 4. The monoisotopic (exact) mass is 322 g/mol. The van der Waals surface area contributed by atoms with Crippen LogP contribution in [-0.4, -0.2) is 29.5 Å². The van der Waals surface area contributed by atoms with Gasteiger partial charge in [-0.3, -0.25) is 9.59 Å². The molecule has 1 rings (SSSR count). The van der Waals surface area contributed by atoms with Gasteiger partial charge in [-0.15, -0.1) is 0 Å². The van der Waals surface area contributed by atoms with Crippen LogP contribution in [0.25, 0.3) is 0 Å². The number of amides is 1. The molecule has 3 N–H and O–H groups in total. The highest BCUT2D eigenvalue weighted by atomic mass is 127. The number of carbonyl (C=O) groups excluding carboxylic acids is 1. The summed E-state index contributed by atoms with van der Waals surface area (Å²) in [5.74, 6) is 0.450. The molecule has 0 aliphatic carbocycles. The molecule has 0 fully saturated rings. The van der Waals surface area contributed by atoms with Gasteiger partial charge >= 0.3 is 0 Å². The third-order valence-corrected chi connectivity index (χ3v) is 2.72. The molecule has 0 radical (unpaired) electrons. The van der Waals surface area contributed by atoms with E-state index in [0.717, 1.165) is 0 Å². The Morgan fingerprint density at radius 3 is 3.07 bits per heavy atom. The Morgan fingerprint density at radius 2 is 2.40 bits per heavy atom. The van der Waals surface area contributed by atoms with E-state index in [0.29, 0.717) is 22.4 Å². The fourth-order valence-electron chi connectivity index (χ4n) is 0.926. The smallest absolute Gasteiger partial charge is 0.266 e. The molecule has 0 saturated heterocycles. The molecule has 82 valence electrons. The SMILES string of the molecule is CNC(=O)CCNc1nc[nH]c(=O)c1I. The van der Waals surface area contributed by atoms with Gasteiger partial charge in [0.1, 0.15) is 9.39 Å². The molecular weight excluding hydrogens is 311 g/mol. The van der Waals surface area contributed by atoms with Gasteiger partial charge < -0.3 is 15.6 Å². The number of carbonyl (C=O) groups is 1. The number of aromatic nitrogens is 2. The number of rotatable bonds is 4. The minimum absolute atomic E-state index is 0.0534. The Balaban J connectivity index is 2.55. The largest absolute Gasteiger partial charge is 0.368 e. The predicted molar refractivity (Wildman–Crippen MR) is 64.7 cm³/mol. The summed E-state index contributed by atoms with van der Waals surface area (Å²) in [5, 5.41) is 5.43. The second-order valence-electron chi connectivity index (χ2n) is 2.74. The van der Waals surface area contributed by atoms with Gasteiger partial charge in [-0.25, -0.2) is 4.98 Å². The minimum Gasteiger partial charge on any atom is -0.368 e. The molecule has 15 heavy (non-hydrogen) atoms. The van der Waals surface area contributed by atoms with Crippen LogP contribution >= 0.6 is 22.6 Å². The maximum absolute atomic E-state index is 11.2. The topological polar surface area (TPSA) is 86.9 Å². The molecule has 0 aliphatic heterocycles. The zero-order chi connectivity index (χ0) is 11.3. The first-order valence-electron chi connectivity index (χ1n) is 4.32. The van der Waals surface area contributed by atoms with Gasteiger partial charge in [0.15, 0.2) is 0 Å². The first-order chi connectivity index (χ1) is 7.15. The summed E-state index contributed by atoms with van der Waals surface area (Å²) in [6.07, 6.45) is 1.67. The molecule has 1 amide bonds. The van der Waals surface area contributed by atoms with E-state index in [-0.39, 0.29) is 11.5 Å². The average molecular weight is 322 g/mol. The zero-order valence-corrected chi connectivity index (χ0v) is 10.3. The van der Waals surface area contributed by atoms with Crippen molar-refractivity contribution >= 4 is 34.3 Å². The Hall–Kier alpha value is -1.12. The number of nitrogens with one attached hydrogen (secondary N) is 3. The van der Waals surface area contributed by atoms with E-state index in [1.807, 2.05) is 22.6 Å². The summed E-state index contributed by atoms with van der Waals surface area (Å²) < 4.78 is 0.493. The number of H-pyrrole nitrogens is 1. The van der Waals surface area contributed by atoms with Crippen LogP contribution in [0.3, 0.4) is 0 Å². The lowest BCUT2D eigenvalue weighted by molar-refractivity contribution is -0.120. The summed E-state index contributed by atoms with van der Waals surface area (Å²) >= 11 is 1.90. The van der Waals surface area contributed by atoms with Crippen molar-refractivity contribution in [2.45, 2.75) is 6.42 Å². The lowest BCUT2D eigenvalue weighted by Gasteiger charge is -2.05. The van der Waals surface area contributed by atoms with E-state index < -0.39 is 0 Å². The van der Waals surface area contributed by atoms with Gasteiger partial charge in [0.2, 0.25) is 5.91 Å². The van der Waals surface area contributed by atoms with Crippen molar-refractivity contribution in [2.75, 3.05) is 18.9 Å². The van der Waals surface area contributed by atoms with Crippen molar-refractivity contribution in [3.8, 4) is 0 Å². The van der Waals surface area contributed by atoms with Crippen LogP contribution in [0.4, 0.5) is 5.82 Å². The van der Waals surface area contributed by atoms with Gasteiger partial charge in [-0.1, -0.05) is 0 Å². The van der Waals surface area contributed by atoms with Crippen LogP contribution in [0.5, 0.6) is 0 Å². The van der Waals surface area contributed by atoms with Gasteiger partial charge in [-0.05, 0) is 22.6 Å². The number of halogens is 1. The number of anilines is 1. The predicted octanol–water partition coefficient (Wildman–Crippen LogP) is -0.0775. The molecule has 7 heteroatoms. The van der Waals surface area contributed by atoms with Crippen LogP contribution in [-0.2, 0) is 4.79 Å². The zero-order valence-electron chi connectivity index (χ0n) is 8.13. The van der Waals surface area contributed by atoms with Crippen molar-refractivity contribution in [3.63, 3.8) is 0 Å². The molecule has 1 aromatic heterocycles. The van der Waals surface area contributed by atoms with Crippen LogP contribution < -0.4 is 16.2 Å². The van der Waals surface area contributed by atoms with Crippen LogP contribution in [0.1, 0.15) is 6.42 Å². The third kappa shape index (κ3) is 3.50. The van der Waals surface area contributed by atoms with E-state index in [1.54, 1.807) is 7.05 Å². The summed E-state index contributed by atoms with van der Waals surface area (Å²) in [7, 11) is 1.58. The van der Waals surface area contributed by atoms with Crippen molar-refractivity contribution in [1.29, 1.82) is 0 Å². The highest BCUT2D eigenvalue weighted by molar-refractivity contribution is 14.1. The first kappa shape index (κ1) is 12.0. The van der Waals surface area contributed by atoms with Crippen LogP contribution in [0.15, 0.2) is 11.1 Å². The third-order valence-electron chi connectivity index (χ3n) is 1.72. The molecule has 0 spiro atoms. The molecule has 0 aliphatic rings. The minimum atomic E-state index is -0.187. The maximum Gasteiger partial charge on any atom is 0.266 e. The normalized spacial score (nSPS) is 9.73. The van der Waals surface area contributed by atoms with E-state index in [4.69, 9.17) is 0 Å². The Labute approximate surface area is 100 Å². The number of aromatic amines is 1. The van der Waals surface area contributed by atoms with E-state index >= 15 is 0 Å². The first-order valence-corrected chi connectivity index (χ1v) is 5.40. The molecule has 1 heterocycles. The van der Waals surface area contributed by atoms with Gasteiger partial charge in [0.25, 0.3) is 5.56 Å². The molecule has 6 nitrogen and oxygen atoms in total. The molecule has 1 aromatic rings. The maximum atomic E-state index is 11.2. The van der Waals surface area contributed by atoms with Crippen molar-refractivity contribution in [3.05, 3.63) is 20.3 Å². The van der Waals surface area contributed by atoms with E-state index in [2.05, 4.69) is 20.6 Å². The lowest BCUT2D eigenvalue weighted by Crippen LogP contribution is -2.22. The Bertz CT molecular complexity index is 404. The molecular formula is C8H11IN4O2. The number of hydrogen-bond donors (Lipinski definition) is 3. The van der Waals surface area contributed by atoms with E-state index in [9.17, 15) is 9.59 Å². The number of nitrogens with zero attached hydrogens (tertiary/aromatic N) is 1. The van der Waals surface area contributed by atoms with Gasteiger partial charge in [-0.2, -0.15) is 0 Å². The molecule has 0 saturated carbocycles. The highest BCUT2D eigenvalue weighted by Gasteiger charge is 2.04. The summed E-state index contributed by atoms with van der Waals surface area (Å²) in [5.41, 5.74) is -0.187. The van der Waals surface area contributed by atoms with E-state index in [1.165, 1.54) is 6.33 Å². The Kier molecular flexibility index (Phi) is 4.53. The summed E-state index contributed by atoms with van der Waals surface area (Å²) in [4.78, 5) is 28.5. The van der Waals surface area contributed by atoms with Gasteiger partial charge in [0, 0.05) is 20.0 Å². The van der Waals surface area contributed by atoms with Crippen LogP contribution in [0, 0.1) is 3.57 Å². The molecule has 0 bridgehead atoms. The fraction of sp³-hybridized carbons (Fsp3) is 0.375. The van der Waals surface area contributed by atoms with Crippen molar-refractivity contribution in [1.82, 2.24) is 15.3 Å². The van der Waals surface area contributed by atoms with Crippen LogP contribution in [0.2, 0.25) is 0 Å². The molecule has 0 atom stereocenters. The second-order valence-corrected chi connectivity index (χ2v) is 3.82. The summed E-state index contributed by atoms with van der Waals surface area (Å²) in [6.45, 7) is 0.451. The Morgan fingerprint density at radius 1 is 1.67 bits per heavy atom. The van der Waals surface area contributed by atoms with Crippen molar-refractivity contribution < 1.29 is 4.79 Å². The average Bonchev–Trinajstić information content (AvgIpc) is 2.24. The van der Waals surface area contributed by atoms with Crippen molar-refractivity contribution in [2.24, 2.45) is 0 Å². The fourth-order valence-corrected chi connectivity index (χ4v) is 1.41. The quantitative estimate of drug-likeness (QED) is 0.677. The van der Waals surface area contributed by atoms with Gasteiger partial charge in [0.05, 0.1) is 6.33 Å².